The predicted molar refractivity (Wildman–Crippen MR) is 158 cm³/mol. The Labute approximate surface area is 240 Å². The van der Waals surface area contributed by atoms with Crippen LogP contribution in [-0.2, 0) is 18.4 Å². The van der Waals surface area contributed by atoms with Crippen molar-refractivity contribution in [3.8, 4) is 5.69 Å². The molecule has 0 aliphatic heterocycles. The maximum atomic E-state index is 14.9. The maximum Gasteiger partial charge on any atom is 0.336 e. The first kappa shape index (κ1) is 29.2. The zero-order chi connectivity index (χ0) is 29.3. The highest BCUT2D eigenvalue weighted by atomic mass is 127. The number of carbonyl (C=O) groups excluding carboxylic acids is 1. The van der Waals surface area contributed by atoms with Crippen LogP contribution in [0.5, 0.6) is 0 Å². The highest BCUT2D eigenvalue weighted by Crippen LogP contribution is 2.28. The molecule has 0 bridgehead atoms. The smallest absolute Gasteiger partial charge is 0.336 e. The fourth-order valence-electron chi connectivity index (χ4n) is 4.44. The van der Waals surface area contributed by atoms with E-state index in [4.69, 9.17) is 0 Å². The van der Waals surface area contributed by atoms with E-state index in [0.717, 1.165) is 4.57 Å². The Morgan fingerprint density at radius 3 is 2.50 bits per heavy atom. The molecule has 40 heavy (non-hydrogen) atoms. The Bertz CT molecular complexity index is 1810. The second-order valence-electron chi connectivity index (χ2n) is 9.24. The number of pyridine rings is 1. The van der Waals surface area contributed by atoms with Gasteiger partial charge in [0.1, 0.15) is 17.0 Å². The van der Waals surface area contributed by atoms with E-state index in [1.807, 2.05) is 22.6 Å². The topological polar surface area (TPSA) is 148 Å². The number of amides is 1. The minimum Gasteiger partial charge on any atom is -0.394 e. The number of halogens is 2. The number of hydrogen-bond acceptors (Lipinski definition) is 7. The third-order valence-electron chi connectivity index (χ3n) is 6.40. The normalized spacial score (nSPS) is 12.0. The molecule has 2 aromatic heterocycles. The van der Waals surface area contributed by atoms with Gasteiger partial charge in [-0.15, -0.1) is 0 Å². The van der Waals surface area contributed by atoms with E-state index in [9.17, 15) is 33.8 Å². The van der Waals surface area contributed by atoms with E-state index in [1.54, 1.807) is 24.3 Å². The van der Waals surface area contributed by atoms with E-state index in [-0.39, 0.29) is 52.5 Å². The van der Waals surface area contributed by atoms with Crippen LogP contribution >= 0.6 is 22.6 Å². The molecule has 11 nitrogen and oxygen atoms in total. The van der Waals surface area contributed by atoms with Crippen molar-refractivity contribution in [3.63, 3.8) is 0 Å². The number of aromatic nitrogens is 3. The van der Waals surface area contributed by atoms with Gasteiger partial charge in [-0.3, -0.25) is 28.1 Å². The molecule has 0 saturated heterocycles. The van der Waals surface area contributed by atoms with Crippen LogP contribution in [0.25, 0.3) is 16.6 Å². The lowest BCUT2D eigenvalue weighted by Crippen LogP contribution is -2.42. The van der Waals surface area contributed by atoms with Crippen LogP contribution in [0.15, 0.2) is 56.8 Å². The first-order valence-electron chi connectivity index (χ1n) is 12.2. The lowest BCUT2D eigenvalue weighted by atomic mass is 10.1. The minimum atomic E-state index is -1.18. The number of benzene rings is 2. The van der Waals surface area contributed by atoms with Gasteiger partial charge in [0.15, 0.2) is 0 Å². The number of carbonyl (C=O) groups is 1. The number of anilines is 3. The standard InChI is InChI=1S/C27H27FIN5O6/c1-14-23-22(24(32(3)25(14)38)31-21-8-7-16(29)11-20(21)28)26(39)33(10-9-19(37)13-35)27(40)34(23)18-6-4-5-17(12-18)30-15(2)36/h4-8,11-12,19,31,35,37H,9-10,13H2,1-3H3,(H,30,36)/t19-/m1/s1. The SMILES string of the molecule is CC(=O)Nc1cccc(-n2c(=O)n(CC[C@@H](O)CO)c(=O)c3c(Nc4ccc(I)cc4F)n(C)c(=O)c(C)c32)c1. The Hall–Kier alpha value is -3.82. The quantitative estimate of drug-likeness (QED) is 0.212. The van der Waals surface area contributed by atoms with E-state index in [0.29, 0.717) is 9.26 Å². The molecule has 4 rings (SSSR count). The van der Waals surface area contributed by atoms with Gasteiger partial charge >= 0.3 is 5.69 Å². The molecule has 0 saturated carbocycles. The predicted octanol–water partition coefficient (Wildman–Crippen LogP) is 2.35. The van der Waals surface area contributed by atoms with Gasteiger partial charge in [0.25, 0.3) is 11.1 Å². The van der Waals surface area contributed by atoms with Crippen molar-refractivity contribution in [2.24, 2.45) is 7.05 Å². The van der Waals surface area contributed by atoms with Crippen LogP contribution in [0.1, 0.15) is 18.9 Å². The first-order valence-corrected chi connectivity index (χ1v) is 13.3. The summed E-state index contributed by atoms with van der Waals surface area (Å²) in [5, 5.41) is 24.7. The van der Waals surface area contributed by atoms with Gasteiger partial charge < -0.3 is 20.8 Å². The summed E-state index contributed by atoms with van der Waals surface area (Å²) in [5.74, 6) is -0.997. The second kappa shape index (κ2) is 11.7. The molecule has 0 radical (unpaired) electrons. The lowest BCUT2D eigenvalue weighted by Gasteiger charge is -2.21. The number of fused-ring (bicyclic) bond motifs is 1. The molecule has 13 heteroatoms. The van der Waals surface area contributed by atoms with Gasteiger partial charge in [-0.05, 0) is 72.3 Å². The zero-order valence-electron chi connectivity index (χ0n) is 21.9. The Morgan fingerprint density at radius 2 is 1.85 bits per heavy atom. The minimum absolute atomic E-state index is 0.00505. The van der Waals surface area contributed by atoms with Crippen molar-refractivity contribution in [3.05, 3.63) is 88.6 Å². The van der Waals surface area contributed by atoms with Crippen LogP contribution in [0, 0.1) is 16.3 Å². The summed E-state index contributed by atoms with van der Waals surface area (Å²) >= 11 is 1.96. The molecule has 0 unspecified atom stereocenters. The van der Waals surface area contributed by atoms with Gasteiger partial charge in [0, 0.05) is 35.3 Å². The van der Waals surface area contributed by atoms with Gasteiger partial charge in [-0.25, -0.2) is 9.18 Å². The van der Waals surface area contributed by atoms with Crippen molar-refractivity contribution in [2.75, 3.05) is 17.2 Å². The van der Waals surface area contributed by atoms with Gasteiger partial charge in [-0.2, -0.15) is 0 Å². The van der Waals surface area contributed by atoms with Crippen molar-refractivity contribution < 1.29 is 19.4 Å². The second-order valence-corrected chi connectivity index (χ2v) is 10.5. The summed E-state index contributed by atoms with van der Waals surface area (Å²) in [6, 6.07) is 10.7. The third kappa shape index (κ3) is 5.57. The molecule has 1 atom stereocenters. The number of aliphatic hydroxyl groups is 2. The van der Waals surface area contributed by atoms with E-state index >= 15 is 0 Å². The molecule has 0 aliphatic carbocycles. The van der Waals surface area contributed by atoms with Crippen molar-refractivity contribution in [1.82, 2.24) is 13.7 Å². The van der Waals surface area contributed by atoms with Crippen LogP contribution in [0.3, 0.4) is 0 Å². The summed E-state index contributed by atoms with van der Waals surface area (Å²) in [4.78, 5) is 52.8. The molecule has 0 aliphatic rings. The molecule has 2 heterocycles. The van der Waals surface area contributed by atoms with Crippen LogP contribution < -0.4 is 27.4 Å². The van der Waals surface area contributed by atoms with Gasteiger partial charge in [0.05, 0.1) is 29.6 Å². The molecular formula is C27H27FIN5O6. The van der Waals surface area contributed by atoms with Crippen LogP contribution in [0.2, 0.25) is 0 Å². The Morgan fingerprint density at radius 1 is 1.12 bits per heavy atom. The average molecular weight is 663 g/mol. The number of aryl methyl sites for hydroxylation is 1. The monoisotopic (exact) mass is 663 g/mol. The zero-order valence-corrected chi connectivity index (χ0v) is 24.0. The van der Waals surface area contributed by atoms with Crippen molar-refractivity contribution in [2.45, 2.75) is 32.9 Å². The largest absolute Gasteiger partial charge is 0.394 e. The lowest BCUT2D eigenvalue weighted by molar-refractivity contribution is -0.114. The maximum absolute atomic E-state index is 14.9. The molecule has 4 N–H and O–H groups in total. The summed E-state index contributed by atoms with van der Waals surface area (Å²) in [6.07, 6.45) is -1.29. The van der Waals surface area contributed by atoms with E-state index in [2.05, 4.69) is 10.6 Å². The Kier molecular flexibility index (Phi) is 8.56. The highest BCUT2D eigenvalue weighted by Gasteiger charge is 2.24. The number of nitrogens with zero attached hydrogens (tertiary/aromatic N) is 3. The summed E-state index contributed by atoms with van der Waals surface area (Å²) < 4.78 is 18.7. The third-order valence-corrected chi connectivity index (χ3v) is 7.07. The fourth-order valence-corrected chi connectivity index (χ4v) is 4.89. The average Bonchev–Trinajstić information content (AvgIpc) is 2.90. The molecular weight excluding hydrogens is 636 g/mol. The fraction of sp³-hybridized carbons (Fsp3) is 0.259. The molecule has 4 aromatic rings. The molecule has 2 aromatic carbocycles. The Balaban J connectivity index is 2.14. The summed E-state index contributed by atoms with van der Waals surface area (Å²) in [5.41, 5.74) is -1.37. The van der Waals surface area contributed by atoms with Crippen molar-refractivity contribution >= 4 is 56.6 Å². The molecule has 210 valence electrons. The molecule has 0 spiro atoms. The van der Waals surface area contributed by atoms with Gasteiger partial charge in [-0.1, -0.05) is 6.07 Å². The number of hydrogen-bond donors (Lipinski definition) is 4. The number of rotatable bonds is 8. The molecule has 0 fully saturated rings. The molecule has 1 amide bonds. The number of aliphatic hydroxyl groups excluding tert-OH is 2. The van der Waals surface area contributed by atoms with E-state index in [1.165, 1.54) is 48.2 Å². The highest BCUT2D eigenvalue weighted by molar-refractivity contribution is 14.1. The summed E-state index contributed by atoms with van der Waals surface area (Å²) in [6.45, 7) is 1.99. The first-order chi connectivity index (χ1) is 18.9. The number of nitrogens with one attached hydrogen (secondary N) is 2. The van der Waals surface area contributed by atoms with Gasteiger partial charge in [0.2, 0.25) is 5.91 Å². The van der Waals surface area contributed by atoms with E-state index < -0.39 is 35.3 Å². The van der Waals surface area contributed by atoms with Crippen molar-refractivity contribution in [1.29, 1.82) is 0 Å². The van der Waals surface area contributed by atoms with Crippen LogP contribution in [0.4, 0.5) is 21.6 Å². The van der Waals surface area contributed by atoms with Crippen LogP contribution in [-0.4, -0.2) is 42.5 Å². The summed E-state index contributed by atoms with van der Waals surface area (Å²) in [7, 11) is 1.42.